The smallest absolute Gasteiger partial charge is 0.256 e. The molecule has 0 heterocycles. The fourth-order valence-corrected chi connectivity index (χ4v) is 3.40. The second kappa shape index (κ2) is 6.66. The van der Waals surface area contributed by atoms with Crippen molar-refractivity contribution in [1.29, 1.82) is 0 Å². The number of amides is 1. The first-order valence-electron chi connectivity index (χ1n) is 8.49. The standard InChI is InChI=1S/C22H15NO5/c1-28-18-10-9-12(11-17(18)22(26)27)23-21(25)16-8-4-7-14-13-5-2-3-6-15(13)20(24)19(14)16/h2-11H,1H3,(H,23,25)(H,26,27)/p-1. The molecule has 0 fully saturated rings. The zero-order valence-electron chi connectivity index (χ0n) is 14.8. The van der Waals surface area contributed by atoms with Gasteiger partial charge in [0, 0.05) is 22.4 Å². The first-order valence-corrected chi connectivity index (χ1v) is 8.49. The molecular weight excluding hydrogens is 358 g/mol. The molecule has 1 aliphatic rings. The lowest BCUT2D eigenvalue weighted by molar-refractivity contribution is -0.255. The van der Waals surface area contributed by atoms with Crippen LogP contribution in [-0.2, 0) is 0 Å². The van der Waals surface area contributed by atoms with Crippen molar-refractivity contribution < 1.29 is 24.2 Å². The van der Waals surface area contributed by atoms with Crippen LogP contribution in [0.2, 0.25) is 0 Å². The Kier molecular flexibility index (Phi) is 4.16. The van der Waals surface area contributed by atoms with E-state index in [-0.39, 0.29) is 28.3 Å². The maximum absolute atomic E-state index is 12.8. The van der Waals surface area contributed by atoms with Gasteiger partial charge in [0.2, 0.25) is 0 Å². The van der Waals surface area contributed by atoms with Crippen molar-refractivity contribution in [3.05, 3.63) is 82.9 Å². The Hall–Kier alpha value is -3.93. The highest BCUT2D eigenvalue weighted by Gasteiger charge is 2.30. The molecule has 138 valence electrons. The normalized spacial score (nSPS) is 11.5. The Morgan fingerprint density at radius 1 is 0.893 bits per heavy atom. The molecule has 1 amide bonds. The number of fused-ring (bicyclic) bond motifs is 3. The lowest BCUT2D eigenvalue weighted by Crippen LogP contribution is -2.23. The van der Waals surface area contributed by atoms with Gasteiger partial charge in [-0.05, 0) is 35.4 Å². The Morgan fingerprint density at radius 2 is 1.61 bits per heavy atom. The molecule has 6 heteroatoms. The van der Waals surface area contributed by atoms with Crippen molar-refractivity contribution in [2.75, 3.05) is 12.4 Å². The SMILES string of the molecule is COc1ccc(NC(=O)c2cccc3c2C(=O)c2ccccc2-3)cc1C(=O)[O-]. The van der Waals surface area contributed by atoms with E-state index < -0.39 is 11.9 Å². The highest BCUT2D eigenvalue weighted by atomic mass is 16.5. The van der Waals surface area contributed by atoms with Crippen LogP contribution in [0, 0.1) is 0 Å². The van der Waals surface area contributed by atoms with Gasteiger partial charge >= 0.3 is 0 Å². The predicted molar refractivity (Wildman–Crippen MR) is 101 cm³/mol. The number of hydrogen-bond donors (Lipinski definition) is 1. The van der Waals surface area contributed by atoms with Crippen LogP contribution in [0.25, 0.3) is 11.1 Å². The van der Waals surface area contributed by atoms with Crippen molar-refractivity contribution in [3.63, 3.8) is 0 Å². The van der Waals surface area contributed by atoms with E-state index >= 15 is 0 Å². The molecule has 0 saturated carbocycles. The van der Waals surface area contributed by atoms with Gasteiger partial charge < -0.3 is 20.0 Å². The summed E-state index contributed by atoms with van der Waals surface area (Å²) in [5, 5.41) is 13.9. The predicted octanol–water partition coefficient (Wildman–Crippen LogP) is 2.52. The summed E-state index contributed by atoms with van der Waals surface area (Å²) < 4.78 is 4.98. The molecule has 0 bridgehead atoms. The molecule has 0 atom stereocenters. The van der Waals surface area contributed by atoms with E-state index in [9.17, 15) is 19.5 Å². The van der Waals surface area contributed by atoms with Crippen LogP contribution in [0.15, 0.2) is 60.7 Å². The quantitative estimate of drug-likeness (QED) is 0.594. The van der Waals surface area contributed by atoms with E-state index in [1.165, 1.54) is 25.3 Å². The van der Waals surface area contributed by atoms with Crippen molar-refractivity contribution in [2.24, 2.45) is 0 Å². The van der Waals surface area contributed by atoms with Crippen molar-refractivity contribution in [1.82, 2.24) is 0 Å². The van der Waals surface area contributed by atoms with Gasteiger partial charge in [-0.1, -0.05) is 36.4 Å². The summed E-state index contributed by atoms with van der Waals surface area (Å²) in [5.74, 6) is -2.00. The maximum Gasteiger partial charge on any atom is 0.256 e. The average Bonchev–Trinajstić information content (AvgIpc) is 3.01. The largest absolute Gasteiger partial charge is 0.545 e. The lowest BCUT2D eigenvalue weighted by Gasteiger charge is -2.13. The van der Waals surface area contributed by atoms with Gasteiger partial charge in [-0.2, -0.15) is 0 Å². The molecule has 0 radical (unpaired) electrons. The number of aromatic carboxylic acids is 1. The molecule has 6 nitrogen and oxygen atoms in total. The van der Waals surface area contributed by atoms with Crippen LogP contribution in [0.5, 0.6) is 5.75 Å². The number of rotatable bonds is 4. The third kappa shape index (κ3) is 2.72. The van der Waals surface area contributed by atoms with Crippen LogP contribution in [0.4, 0.5) is 5.69 Å². The monoisotopic (exact) mass is 372 g/mol. The van der Waals surface area contributed by atoms with Crippen LogP contribution in [0.1, 0.15) is 36.6 Å². The topological polar surface area (TPSA) is 95.5 Å². The minimum Gasteiger partial charge on any atom is -0.545 e. The second-order valence-electron chi connectivity index (χ2n) is 6.26. The molecule has 28 heavy (non-hydrogen) atoms. The highest BCUT2D eigenvalue weighted by molar-refractivity contribution is 6.26. The third-order valence-corrected chi connectivity index (χ3v) is 4.68. The number of methoxy groups -OCH3 is 1. The summed E-state index contributed by atoms with van der Waals surface area (Å²) in [7, 11) is 1.34. The van der Waals surface area contributed by atoms with Gasteiger partial charge in [0.05, 0.1) is 18.6 Å². The van der Waals surface area contributed by atoms with E-state index in [4.69, 9.17) is 4.74 Å². The minimum atomic E-state index is -1.42. The molecular formula is C22H14NO5-. The molecule has 1 N–H and O–H groups in total. The number of ketones is 1. The van der Waals surface area contributed by atoms with Crippen LogP contribution in [-0.4, -0.2) is 24.8 Å². The number of carboxylic acids is 1. The van der Waals surface area contributed by atoms with Gasteiger partial charge in [0.1, 0.15) is 5.75 Å². The summed E-state index contributed by atoms with van der Waals surface area (Å²) in [6.45, 7) is 0. The zero-order valence-corrected chi connectivity index (χ0v) is 14.8. The molecule has 0 aliphatic heterocycles. The molecule has 0 spiro atoms. The van der Waals surface area contributed by atoms with E-state index in [1.807, 2.05) is 12.1 Å². The first kappa shape index (κ1) is 17.5. The van der Waals surface area contributed by atoms with Crippen LogP contribution in [0.3, 0.4) is 0 Å². The number of ether oxygens (including phenoxy) is 1. The van der Waals surface area contributed by atoms with Gasteiger partial charge in [0.25, 0.3) is 5.91 Å². The Morgan fingerprint density at radius 3 is 2.32 bits per heavy atom. The Bertz CT molecular complexity index is 1150. The third-order valence-electron chi connectivity index (χ3n) is 4.68. The number of anilines is 1. The number of carboxylic acid groups (broad SMARTS) is 1. The van der Waals surface area contributed by atoms with E-state index in [0.717, 1.165) is 5.56 Å². The van der Waals surface area contributed by atoms with Crippen molar-refractivity contribution in [3.8, 4) is 16.9 Å². The van der Waals surface area contributed by atoms with E-state index in [1.54, 1.807) is 30.3 Å². The maximum atomic E-state index is 12.8. The lowest BCUT2D eigenvalue weighted by atomic mass is 10.00. The molecule has 3 aromatic carbocycles. The molecule has 0 aromatic heterocycles. The van der Waals surface area contributed by atoms with Gasteiger partial charge in [0.15, 0.2) is 5.78 Å². The number of nitrogens with one attached hydrogen (secondary N) is 1. The number of benzene rings is 3. The number of carbonyl (C=O) groups excluding carboxylic acids is 3. The average molecular weight is 372 g/mol. The molecule has 4 rings (SSSR count). The molecule has 0 unspecified atom stereocenters. The second-order valence-corrected chi connectivity index (χ2v) is 6.26. The Balaban J connectivity index is 1.71. The summed E-state index contributed by atoms with van der Waals surface area (Å²) in [6.07, 6.45) is 0. The first-order chi connectivity index (χ1) is 13.5. The fraction of sp³-hybridized carbons (Fsp3) is 0.0455. The van der Waals surface area contributed by atoms with E-state index in [2.05, 4.69) is 5.32 Å². The van der Waals surface area contributed by atoms with Crippen LogP contribution < -0.4 is 15.2 Å². The van der Waals surface area contributed by atoms with Gasteiger partial charge in [-0.15, -0.1) is 0 Å². The summed E-state index contributed by atoms with van der Waals surface area (Å²) >= 11 is 0. The van der Waals surface area contributed by atoms with Gasteiger partial charge in [-0.25, -0.2) is 0 Å². The minimum absolute atomic E-state index is 0.129. The molecule has 1 aliphatic carbocycles. The number of hydrogen-bond acceptors (Lipinski definition) is 5. The molecule has 3 aromatic rings. The van der Waals surface area contributed by atoms with E-state index in [0.29, 0.717) is 16.7 Å². The van der Waals surface area contributed by atoms with Gasteiger partial charge in [-0.3, -0.25) is 9.59 Å². The summed E-state index contributed by atoms with van der Waals surface area (Å²) in [5.41, 5.74) is 2.70. The van der Waals surface area contributed by atoms with Crippen LogP contribution >= 0.6 is 0 Å². The summed E-state index contributed by atoms with van der Waals surface area (Å²) in [6, 6.07) is 16.5. The van der Waals surface area contributed by atoms with Crippen molar-refractivity contribution >= 4 is 23.3 Å². The summed E-state index contributed by atoms with van der Waals surface area (Å²) in [4.78, 5) is 36.9. The number of carbonyl (C=O) groups is 3. The Labute approximate surface area is 160 Å². The highest BCUT2D eigenvalue weighted by Crippen LogP contribution is 2.38. The van der Waals surface area contributed by atoms with Crippen molar-refractivity contribution in [2.45, 2.75) is 0 Å². The molecule has 0 saturated heterocycles. The zero-order chi connectivity index (χ0) is 19.8. The fourth-order valence-electron chi connectivity index (χ4n) is 3.40.